The summed E-state index contributed by atoms with van der Waals surface area (Å²) in [7, 11) is -4.01. The zero-order valence-corrected chi connectivity index (χ0v) is 9.85. The first kappa shape index (κ1) is 12.0. The van der Waals surface area contributed by atoms with Crippen molar-refractivity contribution in [3.05, 3.63) is 6.42 Å². The molecule has 11 heavy (non-hydrogen) atoms. The van der Waals surface area contributed by atoms with Gasteiger partial charge in [0.15, 0.2) is 0 Å². The molecule has 1 unspecified atom stereocenters. The van der Waals surface area contributed by atoms with Crippen LogP contribution in [0.3, 0.4) is 0 Å². The van der Waals surface area contributed by atoms with Crippen LogP contribution < -0.4 is 0 Å². The van der Waals surface area contributed by atoms with Gasteiger partial charge in [-0.1, -0.05) is 6.42 Å². The van der Waals surface area contributed by atoms with E-state index in [0.717, 1.165) is 12.8 Å². The molecule has 1 saturated carbocycles. The zero-order chi connectivity index (χ0) is 7.61. The molecule has 0 spiro atoms. The van der Waals surface area contributed by atoms with E-state index in [9.17, 15) is 13.0 Å². The average molecular weight is 251 g/mol. The van der Waals surface area contributed by atoms with Crippen molar-refractivity contribution in [2.24, 2.45) is 0 Å². The van der Waals surface area contributed by atoms with Crippen molar-refractivity contribution in [2.45, 2.75) is 30.9 Å². The summed E-state index contributed by atoms with van der Waals surface area (Å²) in [4.78, 5) is 0. The van der Waals surface area contributed by atoms with Crippen LogP contribution >= 0.6 is 0 Å². The number of rotatable bonds is 1. The van der Waals surface area contributed by atoms with Gasteiger partial charge in [0.1, 0.15) is 0 Å². The summed E-state index contributed by atoms with van der Waals surface area (Å²) in [6, 6.07) is 0. The normalized spacial score (nSPS) is 25.7. The van der Waals surface area contributed by atoms with Crippen molar-refractivity contribution >= 4 is 10.1 Å². The van der Waals surface area contributed by atoms with E-state index < -0.39 is 15.4 Å². The van der Waals surface area contributed by atoms with Gasteiger partial charge in [-0.15, -0.1) is 0 Å². The van der Waals surface area contributed by atoms with Crippen molar-refractivity contribution < 1.29 is 45.7 Å². The molecule has 0 heterocycles. The quantitative estimate of drug-likeness (QED) is 0.508. The third-order valence-electron chi connectivity index (χ3n) is 1.77. The van der Waals surface area contributed by atoms with Gasteiger partial charge < -0.3 is 11.0 Å². The Hall–Kier alpha value is 1.01. The molecule has 0 aromatic heterocycles. The summed E-state index contributed by atoms with van der Waals surface area (Å²) >= 11 is 0. The Kier molecular flexibility index (Phi) is 5.35. The first-order chi connectivity index (χ1) is 4.61. The van der Waals surface area contributed by atoms with Gasteiger partial charge >= 0.3 is 0 Å². The maximum atomic E-state index is 10.4. The van der Waals surface area contributed by atoms with E-state index in [4.69, 9.17) is 0 Å². The van der Waals surface area contributed by atoms with E-state index in [1.165, 1.54) is 0 Å². The molecule has 0 aromatic carbocycles. The fourth-order valence-electron chi connectivity index (χ4n) is 1.17. The molecular formula is C6H10O3SY-2. The standard InChI is InChI=1S/C6H11O3S.Y/c7-10(8,9)6-4-2-1-3-5-6;/h2,6H,1,3-5H2,(H,7,8,9);/q-1;/p-1. The number of hydrogen-bond acceptors (Lipinski definition) is 3. The molecule has 0 saturated heterocycles. The SMILES string of the molecule is O=S(=O)([O-])C1C[CH-]CCC1.[Y]. The Morgan fingerprint density at radius 1 is 1.45 bits per heavy atom. The third kappa shape index (κ3) is 3.97. The molecule has 1 aliphatic carbocycles. The maximum Gasteiger partial charge on any atom is 0.0950 e. The van der Waals surface area contributed by atoms with Crippen LogP contribution in [-0.4, -0.2) is 18.2 Å². The predicted molar refractivity (Wildman–Crippen MR) is 36.3 cm³/mol. The summed E-state index contributed by atoms with van der Waals surface area (Å²) in [6.45, 7) is 0. The van der Waals surface area contributed by atoms with Gasteiger partial charge in [0.05, 0.1) is 10.1 Å². The minimum absolute atomic E-state index is 0. The molecule has 1 radical (unpaired) electrons. The summed E-state index contributed by atoms with van der Waals surface area (Å²) in [5, 5.41) is -0.638. The molecular weight excluding hydrogens is 241 g/mol. The van der Waals surface area contributed by atoms with Gasteiger partial charge in [-0.05, 0) is 6.42 Å². The molecule has 5 heteroatoms. The molecule has 0 aromatic rings. The Labute approximate surface area is 92.6 Å². The summed E-state index contributed by atoms with van der Waals surface area (Å²) in [5.41, 5.74) is 0. The van der Waals surface area contributed by atoms with Crippen molar-refractivity contribution in [1.29, 1.82) is 0 Å². The minimum atomic E-state index is -4.01. The second-order valence-corrected chi connectivity index (χ2v) is 4.22. The van der Waals surface area contributed by atoms with Crippen molar-refractivity contribution in [1.82, 2.24) is 0 Å². The van der Waals surface area contributed by atoms with Gasteiger partial charge in [0.2, 0.25) is 0 Å². The van der Waals surface area contributed by atoms with Crippen molar-refractivity contribution in [3.8, 4) is 0 Å². The first-order valence-corrected chi connectivity index (χ1v) is 4.84. The van der Waals surface area contributed by atoms with Gasteiger partial charge in [0, 0.05) is 38.0 Å². The Bertz CT molecular complexity index is 194. The van der Waals surface area contributed by atoms with Crippen LogP contribution in [0.4, 0.5) is 0 Å². The van der Waals surface area contributed by atoms with Crippen LogP contribution in [-0.2, 0) is 42.8 Å². The third-order valence-corrected chi connectivity index (χ3v) is 3.02. The Morgan fingerprint density at radius 3 is 2.36 bits per heavy atom. The fraction of sp³-hybridized carbons (Fsp3) is 0.833. The van der Waals surface area contributed by atoms with E-state index in [-0.39, 0.29) is 32.7 Å². The van der Waals surface area contributed by atoms with Crippen LogP contribution in [0.25, 0.3) is 0 Å². The fourth-order valence-corrected chi connectivity index (χ4v) is 2.00. The largest absolute Gasteiger partial charge is 0.748 e. The van der Waals surface area contributed by atoms with Crippen LogP contribution in [0, 0.1) is 6.42 Å². The smallest absolute Gasteiger partial charge is 0.0950 e. The molecule has 0 N–H and O–H groups in total. The van der Waals surface area contributed by atoms with Crippen LogP contribution in [0.1, 0.15) is 25.7 Å². The van der Waals surface area contributed by atoms with Crippen LogP contribution in [0.2, 0.25) is 0 Å². The average Bonchev–Trinajstić information content (AvgIpc) is 1.88. The van der Waals surface area contributed by atoms with E-state index in [1.807, 2.05) is 6.42 Å². The van der Waals surface area contributed by atoms with Crippen molar-refractivity contribution in [3.63, 3.8) is 0 Å². The minimum Gasteiger partial charge on any atom is -0.748 e. The van der Waals surface area contributed by atoms with Gasteiger partial charge in [-0.3, -0.25) is 0 Å². The van der Waals surface area contributed by atoms with E-state index >= 15 is 0 Å². The van der Waals surface area contributed by atoms with Gasteiger partial charge in [0.25, 0.3) is 0 Å². The molecule has 1 fully saturated rings. The summed E-state index contributed by atoms with van der Waals surface area (Å²) in [5.74, 6) is 0. The molecule has 63 valence electrons. The molecule has 1 rings (SSSR count). The van der Waals surface area contributed by atoms with E-state index in [0.29, 0.717) is 12.8 Å². The molecule has 0 aliphatic heterocycles. The Balaban J connectivity index is 0.000001000. The monoisotopic (exact) mass is 251 g/mol. The molecule has 0 bridgehead atoms. The molecule has 1 aliphatic rings. The van der Waals surface area contributed by atoms with Crippen molar-refractivity contribution in [2.75, 3.05) is 0 Å². The molecule has 0 amide bonds. The van der Waals surface area contributed by atoms with Crippen LogP contribution in [0.15, 0.2) is 0 Å². The maximum absolute atomic E-state index is 10.4. The van der Waals surface area contributed by atoms with Crippen LogP contribution in [0.5, 0.6) is 0 Å². The molecule has 3 nitrogen and oxygen atoms in total. The Morgan fingerprint density at radius 2 is 2.09 bits per heavy atom. The van der Waals surface area contributed by atoms with Gasteiger partial charge in [-0.2, -0.15) is 12.8 Å². The summed E-state index contributed by atoms with van der Waals surface area (Å²) < 4.78 is 31.2. The predicted octanol–water partition coefficient (Wildman–Crippen LogP) is 0.676. The van der Waals surface area contributed by atoms with E-state index in [1.54, 1.807) is 0 Å². The second-order valence-electron chi connectivity index (χ2n) is 2.57. The second kappa shape index (κ2) is 4.90. The zero-order valence-electron chi connectivity index (χ0n) is 6.19. The molecule has 1 atom stereocenters. The number of hydrogen-bond donors (Lipinski definition) is 0. The summed E-state index contributed by atoms with van der Waals surface area (Å²) in [6.07, 6.45) is 4.66. The van der Waals surface area contributed by atoms with E-state index in [2.05, 4.69) is 0 Å². The van der Waals surface area contributed by atoms with Gasteiger partial charge in [-0.25, -0.2) is 8.42 Å². The first-order valence-electron chi connectivity index (χ1n) is 3.37. The topological polar surface area (TPSA) is 57.2 Å².